The first-order chi connectivity index (χ1) is 7.99. The van der Waals surface area contributed by atoms with Crippen LogP contribution in [0.3, 0.4) is 0 Å². The van der Waals surface area contributed by atoms with Gasteiger partial charge in [-0.2, -0.15) is 4.39 Å². The minimum atomic E-state index is -0.850. The Hall–Kier alpha value is -0.900. The largest absolute Gasteiger partial charge is 0.225 e. The molecule has 0 saturated heterocycles. The Balaban J connectivity index is 2.72. The van der Waals surface area contributed by atoms with Crippen LogP contribution in [-0.4, -0.2) is 4.98 Å². The number of hydrogen-bond acceptors (Lipinski definition) is 1. The first kappa shape index (κ1) is 12.6. The van der Waals surface area contributed by atoms with E-state index in [2.05, 4.69) is 4.98 Å². The van der Waals surface area contributed by atoms with Gasteiger partial charge in [-0.25, -0.2) is 9.37 Å². The number of halogens is 5. The summed E-state index contributed by atoms with van der Waals surface area (Å²) in [6, 6.07) is 3.77. The third-order valence-electron chi connectivity index (χ3n) is 2.08. The van der Waals surface area contributed by atoms with E-state index < -0.39 is 11.8 Å². The van der Waals surface area contributed by atoms with Crippen molar-refractivity contribution in [1.82, 2.24) is 4.98 Å². The second-order valence-electron chi connectivity index (χ2n) is 3.24. The third-order valence-corrected chi connectivity index (χ3v) is 2.90. The van der Waals surface area contributed by atoms with Crippen LogP contribution in [0.4, 0.5) is 8.78 Å². The van der Waals surface area contributed by atoms with Crippen LogP contribution in [-0.2, 0) is 0 Å². The van der Waals surface area contributed by atoms with Gasteiger partial charge in [0, 0.05) is 16.1 Å². The van der Waals surface area contributed by atoms with Crippen molar-refractivity contribution >= 4 is 34.8 Å². The number of aromatic nitrogens is 1. The Kier molecular flexibility index (Phi) is 3.52. The summed E-state index contributed by atoms with van der Waals surface area (Å²) in [7, 11) is 0. The average molecular weight is 295 g/mol. The maximum atomic E-state index is 13.5. The molecule has 2 aromatic rings. The van der Waals surface area contributed by atoms with Crippen molar-refractivity contribution in [2.24, 2.45) is 0 Å². The number of pyridine rings is 1. The predicted octanol–water partition coefficient (Wildman–Crippen LogP) is 4.99. The molecule has 1 nitrogen and oxygen atoms in total. The molecule has 1 aromatic carbocycles. The summed E-state index contributed by atoms with van der Waals surface area (Å²) in [5.74, 6) is -1.53. The molecular formula is C11H4Cl3F2N. The average Bonchev–Trinajstić information content (AvgIpc) is 2.21. The monoisotopic (exact) mass is 293 g/mol. The lowest BCUT2D eigenvalue weighted by Gasteiger charge is -2.08. The van der Waals surface area contributed by atoms with Crippen molar-refractivity contribution in [3.8, 4) is 11.1 Å². The molecule has 0 fully saturated rings. The fourth-order valence-electron chi connectivity index (χ4n) is 1.40. The van der Waals surface area contributed by atoms with Crippen LogP contribution in [0.2, 0.25) is 15.1 Å². The maximum absolute atomic E-state index is 13.5. The third kappa shape index (κ3) is 2.51. The van der Waals surface area contributed by atoms with Gasteiger partial charge in [0.15, 0.2) is 0 Å². The molecule has 1 heterocycles. The standard InChI is InChI=1S/C11H4Cl3F2N/c12-5-1-8(13)10(9(14)2-5)7-3-6(15)4-17-11(7)16/h1-4H. The summed E-state index contributed by atoms with van der Waals surface area (Å²) in [6.07, 6.45) is 0.774. The molecule has 0 aliphatic carbocycles. The Morgan fingerprint density at radius 1 is 0.941 bits per heavy atom. The Labute approximate surface area is 111 Å². The Morgan fingerprint density at radius 2 is 1.53 bits per heavy atom. The zero-order chi connectivity index (χ0) is 12.6. The van der Waals surface area contributed by atoms with E-state index in [0.29, 0.717) is 5.02 Å². The smallest absolute Gasteiger partial charge is 0.221 e. The summed E-state index contributed by atoms with van der Waals surface area (Å²) in [5, 5.41) is 0.580. The van der Waals surface area contributed by atoms with E-state index in [-0.39, 0.29) is 21.2 Å². The van der Waals surface area contributed by atoms with Crippen molar-refractivity contribution in [2.45, 2.75) is 0 Å². The van der Waals surface area contributed by atoms with Gasteiger partial charge in [0.05, 0.1) is 16.2 Å². The highest BCUT2D eigenvalue weighted by molar-refractivity contribution is 6.41. The fourth-order valence-corrected chi connectivity index (χ4v) is 2.42. The molecule has 0 unspecified atom stereocenters. The number of nitrogens with zero attached hydrogens (tertiary/aromatic N) is 1. The van der Waals surface area contributed by atoms with Crippen molar-refractivity contribution < 1.29 is 8.78 Å². The number of benzene rings is 1. The number of rotatable bonds is 1. The molecule has 88 valence electrons. The minimum absolute atomic E-state index is 0.100. The van der Waals surface area contributed by atoms with Crippen molar-refractivity contribution in [3.63, 3.8) is 0 Å². The molecule has 17 heavy (non-hydrogen) atoms. The highest BCUT2D eigenvalue weighted by Gasteiger charge is 2.15. The molecule has 0 aliphatic heterocycles. The molecule has 1 aromatic heterocycles. The summed E-state index contributed by atoms with van der Waals surface area (Å²) >= 11 is 17.5. The normalized spacial score (nSPS) is 10.6. The molecule has 6 heteroatoms. The van der Waals surface area contributed by atoms with E-state index >= 15 is 0 Å². The molecule has 0 spiro atoms. The quantitative estimate of drug-likeness (QED) is 0.675. The van der Waals surface area contributed by atoms with Crippen molar-refractivity contribution in [2.75, 3.05) is 0 Å². The molecule has 2 rings (SSSR count). The summed E-state index contributed by atoms with van der Waals surface area (Å²) in [5.41, 5.74) is 0.0684. The second kappa shape index (κ2) is 4.77. The van der Waals surface area contributed by atoms with Gasteiger partial charge in [0.1, 0.15) is 5.82 Å². The highest BCUT2D eigenvalue weighted by Crippen LogP contribution is 2.38. The van der Waals surface area contributed by atoms with Gasteiger partial charge in [0.25, 0.3) is 0 Å². The maximum Gasteiger partial charge on any atom is 0.221 e. The van der Waals surface area contributed by atoms with Gasteiger partial charge < -0.3 is 0 Å². The van der Waals surface area contributed by atoms with E-state index in [1.165, 1.54) is 12.1 Å². The molecule has 0 radical (unpaired) electrons. The first-order valence-corrected chi connectivity index (χ1v) is 5.58. The predicted molar refractivity (Wildman–Crippen MR) is 64.6 cm³/mol. The molecular weight excluding hydrogens is 290 g/mol. The van der Waals surface area contributed by atoms with E-state index in [1.807, 2.05) is 0 Å². The summed E-state index contributed by atoms with van der Waals surface area (Å²) in [4.78, 5) is 3.27. The SMILES string of the molecule is Fc1cnc(F)c(-c2c(Cl)cc(Cl)cc2Cl)c1. The van der Waals surface area contributed by atoms with Gasteiger partial charge in [-0.1, -0.05) is 34.8 Å². The Bertz CT molecular complexity index is 564. The van der Waals surface area contributed by atoms with Gasteiger partial charge in [-0.15, -0.1) is 0 Å². The van der Waals surface area contributed by atoms with Crippen LogP contribution < -0.4 is 0 Å². The lowest BCUT2D eigenvalue weighted by atomic mass is 10.1. The topological polar surface area (TPSA) is 12.9 Å². The van der Waals surface area contributed by atoms with E-state index in [9.17, 15) is 8.78 Å². The van der Waals surface area contributed by atoms with Gasteiger partial charge in [-0.3, -0.25) is 0 Å². The fraction of sp³-hybridized carbons (Fsp3) is 0. The first-order valence-electron chi connectivity index (χ1n) is 4.45. The van der Waals surface area contributed by atoms with E-state index in [0.717, 1.165) is 12.3 Å². The number of hydrogen-bond donors (Lipinski definition) is 0. The zero-order valence-electron chi connectivity index (χ0n) is 8.15. The van der Waals surface area contributed by atoms with E-state index in [1.54, 1.807) is 0 Å². The van der Waals surface area contributed by atoms with Crippen LogP contribution in [0, 0.1) is 11.8 Å². The Morgan fingerprint density at radius 3 is 2.12 bits per heavy atom. The van der Waals surface area contributed by atoms with Crippen molar-refractivity contribution in [1.29, 1.82) is 0 Å². The molecule has 0 saturated carbocycles. The van der Waals surface area contributed by atoms with Crippen LogP contribution in [0.1, 0.15) is 0 Å². The highest BCUT2D eigenvalue weighted by atomic mass is 35.5. The van der Waals surface area contributed by atoms with Gasteiger partial charge in [-0.05, 0) is 18.2 Å². The van der Waals surface area contributed by atoms with Crippen molar-refractivity contribution in [3.05, 3.63) is 51.2 Å². The lowest BCUT2D eigenvalue weighted by molar-refractivity contribution is 0.563. The van der Waals surface area contributed by atoms with Crippen LogP contribution >= 0.6 is 34.8 Å². The minimum Gasteiger partial charge on any atom is -0.225 e. The second-order valence-corrected chi connectivity index (χ2v) is 4.49. The molecule has 0 bridgehead atoms. The van der Waals surface area contributed by atoms with Crippen LogP contribution in [0.25, 0.3) is 11.1 Å². The summed E-state index contributed by atoms with van der Waals surface area (Å²) in [6.45, 7) is 0. The van der Waals surface area contributed by atoms with E-state index in [4.69, 9.17) is 34.8 Å². The zero-order valence-corrected chi connectivity index (χ0v) is 10.4. The van der Waals surface area contributed by atoms with Gasteiger partial charge >= 0.3 is 0 Å². The molecule has 0 N–H and O–H groups in total. The summed E-state index contributed by atoms with van der Waals surface area (Å²) < 4.78 is 26.5. The molecule has 0 atom stereocenters. The lowest BCUT2D eigenvalue weighted by Crippen LogP contribution is -1.92. The van der Waals surface area contributed by atoms with Crippen LogP contribution in [0.5, 0.6) is 0 Å². The van der Waals surface area contributed by atoms with Gasteiger partial charge in [0.2, 0.25) is 5.95 Å². The molecule has 0 aliphatic rings. The van der Waals surface area contributed by atoms with Crippen LogP contribution in [0.15, 0.2) is 24.4 Å². The molecule has 0 amide bonds.